The predicted molar refractivity (Wildman–Crippen MR) is 90.9 cm³/mol. The second-order valence-electron chi connectivity index (χ2n) is 8.09. The van der Waals surface area contributed by atoms with Crippen LogP contribution in [0.1, 0.15) is 86.5 Å². The third-order valence-electron chi connectivity index (χ3n) is 5.25. The van der Waals surface area contributed by atoms with E-state index in [1.165, 1.54) is 51.5 Å². The van der Waals surface area contributed by atoms with Crippen LogP contribution in [0, 0.1) is 10.8 Å². The van der Waals surface area contributed by atoms with E-state index in [-0.39, 0.29) is 0 Å². The van der Waals surface area contributed by atoms with E-state index in [4.69, 9.17) is 0 Å². The van der Waals surface area contributed by atoms with Gasteiger partial charge in [-0.3, -0.25) is 0 Å². The summed E-state index contributed by atoms with van der Waals surface area (Å²) in [5.74, 6) is 0. The highest BCUT2D eigenvalue weighted by Gasteiger charge is 2.36. The third-order valence-corrected chi connectivity index (χ3v) is 5.25. The van der Waals surface area contributed by atoms with Crippen LogP contribution < -0.4 is 0 Å². The van der Waals surface area contributed by atoms with Crippen LogP contribution in [-0.2, 0) is 0 Å². The van der Waals surface area contributed by atoms with Crippen LogP contribution in [0.4, 0.5) is 0 Å². The molecule has 1 rings (SSSR count). The molecule has 0 saturated heterocycles. The van der Waals surface area contributed by atoms with Crippen LogP contribution in [0.2, 0.25) is 0 Å². The van der Waals surface area contributed by atoms with Gasteiger partial charge in [0.1, 0.15) is 0 Å². The summed E-state index contributed by atoms with van der Waals surface area (Å²) in [7, 11) is 0. The molecule has 0 aromatic heterocycles. The van der Waals surface area contributed by atoms with Crippen molar-refractivity contribution in [3.8, 4) is 0 Å². The highest BCUT2D eigenvalue weighted by molar-refractivity contribution is 4.97. The Bertz CT molecular complexity index is 301. The van der Waals surface area contributed by atoms with Gasteiger partial charge in [-0.2, -0.15) is 0 Å². The Hall–Kier alpha value is -0.460. The van der Waals surface area contributed by atoms with Crippen molar-refractivity contribution >= 4 is 0 Å². The fraction of sp³-hybridized carbons (Fsp3) is 0.895. The molecular formula is C19H37N. The van der Waals surface area contributed by atoms with Gasteiger partial charge in [0.15, 0.2) is 0 Å². The van der Waals surface area contributed by atoms with Crippen molar-refractivity contribution in [1.82, 2.24) is 4.90 Å². The van der Waals surface area contributed by atoms with Crippen molar-refractivity contribution in [2.45, 2.75) is 92.5 Å². The van der Waals surface area contributed by atoms with Gasteiger partial charge in [-0.05, 0) is 49.1 Å². The molecule has 0 fully saturated rings. The lowest BCUT2D eigenvalue weighted by atomic mass is 9.71. The van der Waals surface area contributed by atoms with Crippen LogP contribution in [0.15, 0.2) is 12.3 Å². The number of nitrogens with zero attached hydrogens (tertiary/aromatic N) is 1. The molecule has 1 atom stereocenters. The third kappa shape index (κ3) is 5.14. The molecule has 0 radical (unpaired) electrons. The molecule has 20 heavy (non-hydrogen) atoms. The van der Waals surface area contributed by atoms with Crippen LogP contribution in [0.5, 0.6) is 0 Å². The summed E-state index contributed by atoms with van der Waals surface area (Å²) in [5, 5.41) is 0. The van der Waals surface area contributed by atoms with Crippen molar-refractivity contribution in [3.05, 3.63) is 12.3 Å². The summed E-state index contributed by atoms with van der Waals surface area (Å²) in [4.78, 5) is 2.64. The van der Waals surface area contributed by atoms with Crippen LogP contribution >= 0.6 is 0 Å². The Kier molecular flexibility index (Phi) is 6.61. The van der Waals surface area contributed by atoms with Gasteiger partial charge in [0.2, 0.25) is 0 Å². The van der Waals surface area contributed by atoms with E-state index in [2.05, 4.69) is 58.7 Å². The molecule has 118 valence electrons. The van der Waals surface area contributed by atoms with E-state index in [0.29, 0.717) is 16.9 Å². The van der Waals surface area contributed by atoms with Crippen LogP contribution in [-0.4, -0.2) is 17.5 Å². The van der Waals surface area contributed by atoms with Gasteiger partial charge in [-0.25, -0.2) is 0 Å². The number of hydrogen-bond acceptors (Lipinski definition) is 1. The fourth-order valence-corrected chi connectivity index (χ4v) is 3.29. The zero-order valence-corrected chi connectivity index (χ0v) is 14.8. The van der Waals surface area contributed by atoms with E-state index in [9.17, 15) is 0 Å². The smallest absolute Gasteiger partial charge is 0.0340 e. The molecule has 1 aliphatic rings. The highest BCUT2D eigenvalue weighted by atomic mass is 15.2. The van der Waals surface area contributed by atoms with E-state index >= 15 is 0 Å². The first-order chi connectivity index (χ1) is 9.32. The molecule has 1 nitrogen and oxygen atoms in total. The number of rotatable bonds is 8. The molecule has 1 aliphatic heterocycles. The average molecular weight is 280 g/mol. The molecule has 0 aromatic carbocycles. The van der Waals surface area contributed by atoms with E-state index in [1.807, 2.05) is 0 Å². The molecule has 0 amide bonds. The maximum absolute atomic E-state index is 2.64. The number of hydrogen-bond donors (Lipinski definition) is 0. The van der Waals surface area contributed by atoms with Gasteiger partial charge < -0.3 is 4.90 Å². The Balaban J connectivity index is 2.82. The van der Waals surface area contributed by atoms with Gasteiger partial charge in [0, 0.05) is 12.6 Å². The minimum atomic E-state index is 0.394. The summed E-state index contributed by atoms with van der Waals surface area (Å²) in [5.41, 5.74) is 0.851. The molecule has 0 N–H and O–H groups in total. The summed E-state index contributed by atoms with van der Waals surface area (Å²) in [6, 6.07) is 0.677. The van der Waals surface area contributed by atoms with E-state index in [1.54, 1.807) is 0 Å². The summed E-state index contributed by atoms with van der Waals surface area (Å²) in [6.45, 7) is 15.7. The molecule has 0 aliphatic carbocycles. The monoisotopic (exact) mass is 279 g/mol. The quantitative estimate of drug-likeness (QED) is 0.526. The van der Waals surface area contributed by atoms with Crippen LogP contribution in [0.25, 0.3) is 0 Å². The summed E-state index contributed by atoms with van der Waals surface area (Å²) in [6.07, 6.45) is 13.9. The Morgan fingerprint density at radius 1 is 1.15 bits per heavy atom. The Morgan fingerprint density at radius 2 is 1.85 bits per heavy atom. The maximum atomic E-state index is 2.64. The van der Waals surface area contributed by atoms with Gasteiger partial charge in [-0.1, -0.05) is 60.5 Å². The lowest BCUT2D eigenvalue weighted by Crippen LogP contribution is -2.46. The van der Waals surface area contributed by atoms with Crippen molar-refractivity contribution in [3.63, 3.8) is 0 Å². The topological polar surface area (TPSA) is 3.24 Å². The van der Waals surface area contributed by atoms with Gasteiger partial charge in [0.25, 0.3) is 0 Å². The Labute approximate surface area is 127 Å². The van der Waals surface area contributed by atoms with Crippen molar-refractivity contribution < 1.29 is 0 Å². The zero-order valence-electron chi connectivity index (χ0n) is 14.8. The first kappa shape index (κ1) is 17.6. The lowest BCUT2D eigenvalue weighted by molar-refractivity contribution is 0.0726. The molecule has 0 spiro atoms. The Morgan fingerprint density at radius 3 is 2.35 bits per heavy atom. The lowest BCUT2D eigenvalue weighted by Gasteiger charge is -2.46. The molecular weight excluding hydrogens is 242 g/mol. The van der Waals surface area contributed by atoms with E-state index < -0.39 is 0 Å². The van der Waals surface area contributed by atoms with Gasteiger partial charge in [-0.15, -0.1) is 0 Å². The average Bonchev–Trinajstić information content (AvgIpc) is 2.43. The molecule has 0 saturated carbocycles. The normalized spacial score (nSPS) is 18.4. The molecule has 0 bridgehead atoms. The number of unbranched alkanes of at least 4 members (excludes halogenated alkanes) is 1. The van der Waals surface area contributed by atoms with Crippen molar-refractivity contribution in [1.29, 1.82) is 0 Å². The van der Waals surface area contributed by atoms with Gasteiger partial charge in [0.05, 0.1) is 0 Å². The largest absolute Gasteiger partial charge is 0.374 e. The number of allylic oxidation sites excluding steroid dienone is 1. The summed E-state index contributed by atoms with van der Waals surface area (Å²) < 4.78 is 0. The zero-order chi connectivity index (χ0) is 15.2. The molecule has 1 unspecified atom stereocenters. The van der Waals surface area contributed by atoms with E-state index in [0.717, 1.165) is 0 Å². The molecule has 0 aromatic rings. The fourth-order valence-electron chi connectivity index (χ4n) is 3.29. The van der Waals surface area contributed by atoms with Crippen molar-refractivity contribution in [2.75, 3.05) is 6.54 Å². The first-order valence-corrected chi connectivity index (χ1v) is 8.75. The standard InChI is InChI=1S/C19H37N/c1-7-9-13-18(3,4)16-17(19(5,6)8-2)20-14-11-10-12-15-20/h11,14,17H,7-10,12-13,15-16H2,1-6H3. The predicted octanol–water partition coefficient (Wildman–Crippen LogP) is 6.01. The van der Waals surface area contributed by atoms with Crippen LogP contribution in [0.3, 0.4) is 0 Å². The molecule has 1 heteroatoms. The summed E-state index contributed by atoms with van der Waals surface area (Å²) >= 11 is 0. The molecule has 1 heterocycles. The minimum Gasteiger partial charge on any atom is -0.374 e. The first-order valence-electron chi connectivity index (χ1n) is 8.75. The maximum Gasteiger partial charge on any atom is 0.0340 e. The van der Waals surface area contributed by atoms with Crippen molar-refractivity contribution in [2.24, 2.45) is 10.8 Å². The second-order valence-corrected chi connectivity index (χ2v) is 8.09. The minimum absolute atomic E-state index is 0.394. The second kappa shape index (κ2) is 7.52. The highest BCUT2D eigenvalue weighted by Crippen LogP contribution is 2.40. The van der Waals surface area contributed by atoms with Gasteiger partial charge >= 0.3 is 0 Å². The SMILES string of the molecule is CCCCC(C)(C)CC(N1C=CCCC1)C(C)(C)CC.